The highest BCUT2D eigenvalue weighted by molar-refractivity contribution is 6.34. The van der Waals surface area contributed by atoms with Gasteiger partial charge >= 0.3 is 0 Å². The van der Waals surface area contributed by atoms with Crippen LogP contribution in [0.1, 0.15) is 12.0 Å². The van der Waals surface area contributed by atoms with E-state index in [0.717, 1.165) is 0 Å². The molecule has 0 fully saturated rings. The predicted molar refractivity (Wildman–Crippen MR) is 60.0 cm³/mol. The summed E-state index contributed by atoms with van der Waals surface area (Å²) in [6, 6.07) is 4.73. The minimum Gasteiger partial charge on any atom is -0.493 e. The van der Waals surface area contributed by atoms with Gasteiger partial charge in [0.05, 0.1) is 18.3 Å². The molecule has 0 heterocycles. The fraction of sp³-hybridized carbons (Fsp3) is 0.300. The number of oxime groups is 1. The van der Waals surface area contributed by atoms with Crippen molar-refractivity contribution in [3.8, 4) is 5.75 Å². The highest BCUT2D eigenvalue weighted by Crippen LogP contribution is 2.22. The summed E-state index contributed by atoms with van der Waals surface area (Å²) in [6.45, 7) is -0.133. The maximum atomic E-state index is 11.8. The Morgan fingerprint density at radius 3 is 2.88 bits per heavy atom. The minimum atomic E-state index is -0.421. The molecule has 0 bridgehead atoms. The molecule has 0 aliphatic rings. The van der Waals surface area contributed by atoms with Crippen molar-refractivity contribution in [1.29, 1.82) is 0 Å². The van der Waals surface area contributed by atoms with Crippen molar-refractivity contribution >= 4 is 17.4 Å². The lowest BCUT2D eigenvalue weighted by Crippen LogP contribution is -2.13. The fourth-order valence-electron chi connectivity index (χ4n) is 1.09. The molecular formula is C10H12ClFN2O2. The summed E-state index contributed by atoms with van der Waals surface area (Å²) < 4.78 is 17.1. The van der Waals surface area contributed by atoms with Gasteiger partial charge in [-0.25, -0.2) is 0 Å². The summed E-state index contributed by atoms with van der Waals surface area (Å²) in [6.07, 6.45) is 0.333. The second kappa shape index (κ2) is 6.17. The van der Waals surface area contributed by atoms with Crippen LogP contribution in [0.5, 0.6) is 5.75 Å². The molecule has 0 aromatic heterocycles. The number of hydrogen-bond acceptors (Lipinski definition) is 3. The zero-order chi connectivity index (χ0) is 12.0. The molecule has 0 aliphatic heterocycles. The smallest absolute Gasteiger partial charge is 0.171 e. The van der Waals surface area contributed by atoms with E-state index in [1.165, 1.54) is 6.07 Å². The standard InChI is InChI=1S/C10H12ClFN2O2/c11-9-6-7(16-5-1-4-12)2-3-8(9)10(13)14-15/h2-3,6,15H,1,4-5H2,(H2,13,14). The molecule has 1 aromatic carbocycles. The van der Waals surface area contributed by atoms with E-state index in [-0.39, 0.29) is 12.4 Å². The lowest BCUT2D eigenvalue weighted by molar-refractivity contribution is 0.289. The van der Waals surface area contributed by atoms with Gasteiger partial charge in [0.15, 0.2) is 5.84 Å². The first-order chi connectivity index (χ1) is 7.69. The normalized spacial score (nSPS) is 11.5. The Hall–Kier alpha value is -1.49. The summed E-state index contributed by atoms with van der Waals surface area (Å²) in [4.78, 5) is 0. The average Bonchev–Trinajstić information content (AvgIpc) is 2.29. The Kier molecular flexibility index (Phi) is 4.85. The predicted octanol–water partition coefficient (Wildman–Crippen LogP) is 2.17. The number of halogens is 2. The van der Waals surface area contributed by atoms with Crippen LogP contribution in [0, 0.1) is 0 Å². The third-order valence-electron chi connectivity index (χ3n) is 1.87. The lowest BCUT2D eigenvalue weighted by Gasteiger charge is -2.07. The third kappa shape index (κ3) is 3.27. The van der Waals surface area contributed by atoms with Crippen LogP contribution in [0.3, 0.4) is 0 Å². The number of ether oxygens (including phenoxy) is 1. The molecule has 88 valence electrons. The molecule has 0 aliphatic carbocycles. The van der Waals surface area contributed by atoms with Gasteiger partial charge in [-0.15, -0.1) is 0 Å². The number of amidine groups is 1. The second-order valence-corrected chi connectivity index (χ2v) is 3.43. The Labute approximate surface area is 97.5 Å². The molecule has 16 heavy (non-hydrogen) atoms. The van der Waals surface area contributed by atoms with Gasteiger partial charge in [0.25, 0.3) is 0 Å². The Morgan fingerprint density at radius 2 is 2.31 bits per heavy atom. The average molecular weight is 247 g/mol. The van der Waals surface area contributed by atoms with E-state index < -0.39 is 6.67 Å². The summed E-state index contributed by atoms with van der Waals surface area (Å²) >= 11 is 5.89. The van der Waals surface area contributed by atoms with E-state index in [2.05, 4.69) is 5.16 Å². The van der Waals surface area contributed by atoms with Gasteiger partial charge < -0.3 is 15.7 Å². The van der Waals surface area contributed by atoms with Gasteiger partial charge in [0.2, 0.25) is 0 Å². The van der Waals surface area contributed by atoms with Gasteiger partial charge in [-0.05, 0) is 18.2 Å². The number of rotatable bonds is 5. The van der Waals surface area contributed by atoms with Crippen molar-refractivity contribution in [2.75, 3.05) is 13.3 Å². The Bertz CT molecular complexity index is 385. The van der Waals surface area contributed by atoms with Crippen molar-refractivity contribution in [3.63, 3.8) is 0 Å². The molecule has 0 amide bonds. The molecule has 0 spiro atoms. The maximum absolute atomic E-state index is 11.8. The quantitative estimate of drug-likeness (QED) is 0.275. The first-order valence-electron chi connectivity index (χ1n) is 4.65. The second-order valence-electron chi connectivity index (χ2n) is 3.02. The molecule has 0 saturated carbocycles. The molecule has 4 nitrogen and oxygen atoms in total. The fourth-order valence-corrected chi connectivity index (χ4v) is 1.36. The number of hydrogen-bond donors (Lipinski definition) is 2. The number of benzene rings is 1. The summed E-state index contributed by atoms with van der Waals surface area (Å²) in [5, 5.41) is 11.6. The maximum Gasteiger partial charge on any atom is 0.171 e. The van der Waals surface area contributed by atoms with E-state index in [0.29, 0.717) is 22.8 Å². The summed E-state index contributed by atoms with van der Waals surface area (Å²) in [7, 11) is 0. The van der Waals surface area contributed by atoms with Crippen molar-refractivity contribution < 1.29 is 14.3 Å². The van der Waals surface area contributed by atoms with Crippen molar-refractivity contribution in [3.05, 3.63) is 28.8 Å². The van der Waals surface area contributed by atoms with E-state index in [1.807, 2.05) is 0 Å². The monoisotopic (exact) mass is 246 g/mol. The molecular weight excluding hydrogens is 235 g/mol. The van der Waals surface area contributed by atoms with E-state index >= 15 is 0 Å². The Morgan fingerprint density at radius 1 is 1.56 bits per heavy atom. The van der Waals surface area contributed by atoms with Crippen LogP contribution in [0.15, 0.2) is 23.4 Å². The van der Waals surface area contributed by atoms with Gasteiger partial charge in [0.1, 0.15) is 5.75 Å². The minimum absolute atomic E-state index is 0.0692. The highest BCUT2D eigenvalue weighted by atomic mass is 35.5. The molecule has 0 unspecified atom stereocenters. The Balaban J connectivity index is 2.75. The highest BCUT2D eigenvalue weighted by Gasteiger charge is 2.06. The summed E-state index contributed by atoms with van der Waals surface area (Å²) in [5.41, 5.74) is 5.81. The third-order valence-corrected chi connectivity index (χ3v) is 2.18. The molecule has 0 atom stereocenters. The summed E-state index contributed by atoms with van der Waals surface area (Å²) in [5.74, 6) is 0.452. The first-order valence-corrected chi connectivity index (χ1v) is 5.03. The van der Waals surface area contributed by atoms with Crippen LogP contribution in [-0.4, -0.2) is 24.3 Å². The molecule has 0 radical (unpaired) electrons. The zero-order valence-electron chi connectivity index (χ0n) is 8.49. The topological polar surface area (TPSA) is 67.8 Å². The van der Waals surface area contributed by atoms with Crippen molar-refractivity contribution in [2.24, 2.45) is 10.9 Å². The van der Waals surface area contributed by atoms with E-state index in [4.69, 9.17) is 27.3 Å². The lowest BCUT2D eigenvalue weighted by atomic mass is 10.2. The van der Waals surface area contributed by atoms with Gasteiger partial charge in [-0.1, -0.05) is 16.8 Å². The van der Waals surface area contributed by atoms with Gasteiger partial charge in [-0.3, -0.25) is 4.39 Å². The van der Waals surface area contributed by atoms with Gasteiger partial charge in [0, 0.05) is 12.0 Å². The largest absolute Gasteiger partial charge is 0.493 e. The van der Waals surface area contributed by atoms with Crippen LogP contribution in [-0.2, 0) is 0 Å². The van der Waals surface area contributed by atoms with Crippen LogP contribution in [0.4, 0.5) is 4.39 Å². The number of nitrogens with zero attached hydrogens (tertiary/aromatic N) is 1. The number of nitrogens with two attached hydrogens (primary N) is 1. The first kappa shape index (κ1) is 12.6. The molecule has 3 N–H and O–H groups in total. The molecule has 0 saturated heterocycles. The zero-order valence-corrected chi connectivity index (χ0v) is 9.25. The van der Waals surface area contributed by atoms with E-state index in [9.17, 15) is 4.39 Å². The molecule has 1 rings (SSSR count). The van der Waals surface area contributed by atoms with Crippen LogP contribution < -0.4 is 10.5 Å². The van der Waals surface area contributed by atoms with Crippen LogP contribution in [0.25, 0.3) is 0 Å². The van der Waals surface area contributed by atoms with Crippen molar-refractivity contribution in [2.45, 2.75) is 6.42 Å². The van der Waals surface area contributed by atoms with Crippen molar-refractivity contribution in [1.82, 2.24) is 0 Å². The van der Waals surface area contributed by atoms with Gasteiger partial charge in [-0.2, -0.15) is 0 Å². The molecule has 6 heteroatoms. The molecule has 1 aromatic rings. The van der Waals surface area contributed by atoms with Crippen LogP contribution in [0.2, 0.25) is 5.02 Å². The number of alkyl halides is 1. The van der Waals surface area contributed by atoms with E-state index in [1.54, 1.807) is 12.1 Å². The SMILES string of the molecule is N/C(=N/O)c1ccc(OCCCF)cc1Cl. The van der Waals surface area contributed by atoms with Crippen LogP contribution >= 0.6 is 11.6 Å².